The molecule has 7 nitrogen and oxygen atoms in total. The van der Waals surface area contributed by atoms with Crippen molar-refractivity contribution in [1.29, 1.82) is 0 Å². The van der Waals surface area contributed by atoms with E-state index in [-0.39, 0.29) is 11.7 Å². The second kappa shape index (κ2) is 6.04. The Hall–Kier alpha value is -2.22. The number of nitro groups is 1. The summed E-state index contributed by atoms with van der Waals surface area (Å²) in [5.41, 5.74) is -1.30. The number of benzene rings is 1. The number of hydrogen-bond acceptors (Lipinski definition) is 5. The first-order chi connectivity index (χ1) is 9.90. The Balaban J connectivity index is 2.21. The number of carbonyl (C=O) groups is 1. The van der Waals surface area contributed by atoms with Gasteiger partial charge in [0.25, 0.3) is 5.69 Å². The van der Waals surface area contributed by atoms with E-state index in [1.807, 2.05) is 7.05 Å². The molecule has 2 N–H and O–H groups in total. The highest BCUT2D eigenvalue weighted by Crippen LogP contribution is 2.26. The normalized spacial score (nSPS) is 18.7. The van der Waals surface area contributed by atoms with Crippen LogP contribution in [0.4, 0.5) is 15.8 Å². The maximum absolute atomic E-state index is 13.9. The highest BCUT2D eigenvalue weighted by atomic mass is 19.1. The number of rotatable bonds is 5. The van der Waals surface area contributed by atoms with Gasteiger partial charge in [-0.05, 0) is 32.5 Å². The molecule has 0 saturated carbocycles. The number of hydrogen-bond donors (Lipinski definition) is 2. The molecular formula is C13H16FN3O4. The molecule has 1 heterocycles. The quantitative estimate of drug-likeness (QED) is 0.637. The van der Waals surface area contributed by atoms with Crippen molar-refractivity contribution in [1.82, 2.24) is 4.90 Å². The third kappa shape index (κ3) is 3.27. The van der Waals surface area contributed by atoms with Gasteiger partial charge in [-0.1, -0.05) is 0 Å². The maximum Gasteiger partial charge on any atom is 0.342 e. The summed E-state index contributed by atoms with van der Waals surface area (Å²) in [6.45, 7) is 1.43. The Bertz CT molecular complexity index is 579. The van der Waals surface area contributed by atoms with Gasteiger partial charge in [0.1, 0.15) is 5.56 Å². The van der Waals surface area contributed by atoms with Crippen LogP contribution in [0.1, 0.15) is 23.2 Å². The van der Waals surface area contributed by atoms with Gasteiger partial charge >= 0.3 is 5.97 Å². The van der Waals surface area contributed by atoms with Crippen LogP contribution < -0.4 is 5.32 Å². The largest absolute Gasteiger partial charge is 0.477 e. The number of nitrogens with zero attached hydrogens (tertiary/aromatic N) is 2. The van der Waals surface area contributed by atoms with Crippen molar-refractivity contribution in [2.45, 2.75) is 18.9 Å². The summed E-state index contributed by atoms with van der Waals surface area (Å²) in [5.74, 6) is -2.28. The Morgan fingerprint density at radius 1 is 1.62 bits per heavy atom. The third-order valence-corrected chi connectivity index (χ3v) is 3.71. The fourth-order valence-electron chi connectivity index (χ4n) is 2.49. The molecule has 0 amide bonds. The molecule has 1 aliphatic heterocycles. The number of carboxylic acid groups (broad SMARTS) is 1. The molecule has 1 fully saturated rings. The van der Waals surface area contributed by atoms with Crippen LogP contribution in [0, 0.1) is 15.9 Å². The van der Waals surface area contributed by atoms with Crippen molar-refractivity contribution in [3.8, 4) is 0 Å². The van der Waals surface area contributed by atoms with Gasteiger partial charge in [-0.3, -0.25) is 10.1 Å². The lowest BCUT2D eigenvalue weighted by molar-refractivity contribution is -0.385. The van der Waals surface area contributed by atoms with E-state index in [0.29, 0.717) is 12.6 Å². The summed E-state index contributed by atoms with van der Waals surface area (Å²) in [5, 5.41) is 22.6. The smallest absolute Gasteiger partial charge is 0.342 e. The number of likely N-dealkylation sites (tertiary alicyclic amines) is 1. The molecule has 1 aromatic carbocycles. The Kier molecular flexibility index (Phi) is 4.37. The first-order valence-electron chi connectivity index (χ1n) is 6.55. The van der Waals surface area contributed by atoms with Crippen LogP contribution in [0.2, 0.25) is 0 Å². The van der Waals surface area contributed by atoms with E-state index in [1.54, 1.807) is 0 Å². The molecule has 0 aliphatic carbocycles. The topological polar surface area (TPSA) is 95.7 Å². The van der Waals surface area contributed by atoms with Gasteiger partial charge in [0.05, 0.1) is 16.7 Å². The number of aromatic carboxylic acids is 1. The van der Waals surface area contributed by atoms with Crippen molar-refractivity contribution >= 4 is 17.3 Å². The lowest BCUT2D eigenvalue weighted by Gasteiger charge is -2.20. The molecule has 0 bridgehead atoms. The maximum atomic E-state index is 13.9. The Labute approximate surface area is 120 Å². The zero-order chi connectivity index (χ0) is 15.6. The van der Waals surface area contributed by atoms with Crippen LogP contribution in [-0.2, 0) is 0 Å². The lowest BCUT2D eigenvalue weighted by atomic mass is 10.1. The molecule has 2 rings (SSSR count). The number of carboxylic acids is 1. The molecule has 1 atom stereocenters. The first kappa shape index (κ1) is 15.2. The second-order valence-electron chi connectivity index (χ2n) is 5.07. The summed E-state index contributed by atoms with van der Waals surface area (Å²) in [6.07, 6.45) is 2.04. The predicted molar refractivity (Wildman–Crippen MR) is 74.2 cm³/mol. The number of halogens is 1. The van der Waals surface area contributed by atoms with Crippen molar-refractivity contribution in [2.75, 3.05) is 25.5 Å². The van der Waals surface area contributed by atoms with Gasteiger partial charge in [-0.2, -0.15) is 0 Å². The third-order valence-electron chi connectivity index (χ3n) is 3.71. The van der Waals surface area contributed by atoms with Gasteiger partial charge in [0, 0.05) is 12.6 Å². The molecule has 0 radical (unpaired) electrons. The van der Waals surface area contributed by atoms with Crippen LogP contribution in [-0.4, -0.2) is 47.1 Å². The highest BCUT2D eigenvalue weighted by molar-refractivity contribution is 5.93. The summed E-state index contributed by atoms with van der Waals surface area (Å²) in [7, 11) is 1.97. The number of nitrogens with one attached hydrogen (secondary N) is 1. The SMILES string of the molecule is CN1CCCC1CNc1cc(C(=O)O)c([N+](=O)[O-])cc1F. The van der Waals surface area contributed by atoms with Crippen LogP contribution in [0.15, 0.2) is 12.1 Å². The van der Waals surface area contributed by atoms with E-state index >= 15 is 0 Å². The van der Waals surface area contributed by atoms with Crippen LogP contribution >= 0.6 is 0 Å². The van der Waals surface area contributed by atoms with Crippen molar-refractivity contribution in [3.63, 3.8) is 0 Å². The summed E-state index contributed by atoms with van der Waals surface area (Å²) in [4.78, 5) is 23.0. The zero-order valence-electron chi connectivity index (χ0n) is 11.5. The van der Waals surface area contributed by atoms with Crippen LogP contribution in [0.5, 0.6) is 0 Å². The molecule has 0 spiro atoms. The van der Waals surface area contributed by atoms with Gasteiger partial charge < -0.3 is 15.3 Å². The van der Waals surface area contributed by atoms with Gasteiger partial charge in [-0.25, -0.2) is 9.18 Å². The Morgan fingerprint density at radius 3 is 2.86 bits per heavy atom. The lowest BCUT2D eigenvalue weighted by Crippen LogP contribution is -2.31. The number of nitro benzene ring substituents is 1. The molecular weight excluding hydrogens is 281 g/mol. The summed E-state index contributed by atoms with van der Waals surface area (Å²) in [6, 6.07) is 1.86. The standard InChI is InChI=1S/C13H16FN3O4/c1-16-4-2-3-8(16)7-15-11-5-9(13(18)19)12(17(20)21)6-10(11)14/h5-6,8,15H,2-4,7H2,1H3,(H,18,19). The molecule has 21 heavy (non-hydrogen) atoms. The highest BCUT2D eigenvalue weighted by Gasteiger charge is 2.25. The van der Waals surface area contributed by atoms with Crippen LogP contribution in [0.3, 0.4) is 0 Å². The minimum atomic E-state index is -1.46. The van der Waals surface area contributed by atoms with E-state index in [9.17, 15) is 19.3 Å². The van der Waals surface area contributed by atoms with Crippen molar-refractivity contribution in [2.24, 2.45) is 0 Å². The molecule has 114 valence electrons. The number of likely N-dealkylation sites (N-methyl/N-ethyl adjacent to an activating group) is 1. The average Bonchev–Trinajstić information content (AvgIpc) is 2.82. The van der Waals surface area contributed by atoms with E-state index in [2.05, 4.69) is 10.2 Å². The predicted octanol–water partition coefficient (Wildman–Crippen LogP) is 1.94. The van der Waals surface area contributed by atoms with E-state index < -0.39 is 28.0 Å². The minimum Gasteiger partial charge on any atom is -0.477 e. The summed E-state index contributed by atoms with van der Waals surface area (Å²) >= 11 is 0. The molecule has 0 aromatic heterocycles. The molecule has 1 saturated heterocycles. The molecule has 1 aromatic rings. The minimum absolute atomic E-state index is 0.0294. The molecule has 1 aliphatic rings. The van der Waals surface area contributed by atoms with Crippen LogP contribution in [0.25, 0.3) is 0 Å². The van der Waals surface area contributed by atoms with Crippen molar-refractivity contribution in [3.05, 3.63) is 33.6 Å². The molecule has 8 heteroatoms. The average molecular weight is 297 g/mol. The van der Waals surface area contributed by atoms with Gasteiger partial charge in [0.15, 0.2) is 5.82 Å². The molecule has 1 unspecified atom stereocenters. The second-order valence-corrected chi connectivity index (χ2v) is 5.07. The van der Waals surface area contributed by atoms with Crippen molar-refractivity contribution < 1.29 is 19.2 Å². The van der Waals surface area contributed by atoms with Gasteiger partial charge in [0.2, 0.25) is 0 Å². The fourth-order valence-corrected chi connectivity index (χ4v) is 2.49. The van der Waals surface area contributed by atoms with Gasteiger partial charge in [-0.15, -0.1) is 0 Å². The fraction of sp³-hybridized carbons (Fsp3) is 0.462. The first-order valence-corrected chi connectivity index (χ1v) is 6.55. The zero-order valence-corrected chi connectivity index (χ0v) is 11.5. The van der Waals surface area contributed by atoms with E-state index in [1.165, 1.54) is 0 Å². The van der Waals surface area contributed by atoms with E-state index in [4.69, 9.17) is 5.11 Å². The number of anilines is 1. The van der Waals surface area contributed by atoms with E-state index in [0.717, 1.165) is 25.5 Å². The Morgan fingerprint density at radius 2 is 2.33 bits per heavy atom. The monoisotopic (exact) mass is 297 g/mol. The summed E-state index contributed by atoms with van der Waals surface area (Å²) < 4.78 is 13.9.